The van der Waals surface area contributed by atoms with Crippen LogP contribution in [0.2, 0.25) is 0 Å². The lowest BCUT2D eigenvalue weighted by molar-refractivity contribution is -0.116. The Hall–Kier alpha value is -2.85. The van der Waals surface area contributed by atoms with E-state index in [2.05, 4.69) is 6.58 Å². The summed E-state index contributed by atoms with van der Waals surface area (Å²) in [6, 6.07) is 14.7. The molecule has 2 aromatic carbocycles. The van der Waals surface area contributed by atoms with Gasteiger partial charge in [0.15, 0.2) is 19.0 Å². The normalized spacial score (nSPS) is 10.4. The Balaban J connectivity index is 1.91. The molecule has 0 radical (unpaired) electrons. The van der Waals surface area contributed by atoms with Crippen LogP contribution in [0.25, 0.3) is 12.2 Å². The van der Waals surface area contributed by atoms with E-state index < -0.39 is 5.24 Å². The molecule has 0 N–H and O–H groups in total. The highest BCUT2D eigenvalue weighted by Crippen LogP contribution is 2.17. The molecule has 0 aromatic heterocycles. The van der Waals surface area contributed by atoms with Crippen molar-refractivity contribution in [3.63, 3.8) is 0 Å². The van der Waals surface area contributed by atoms with E-state index in [0.29, 0.717) is 11.5 Å². The molecule has 0 spiro atoms. The minimum atomic E-state index is -0.537. The topological polar surface area (TPSA) is 52.6 Å². The van der Waals surface area contributed by atoms with Crippen molar-refractivity contribution in [2.24, 2.45) is 0 Å². The van der Waals surface area contributed by atoms with Gasteiger partial charge in [-0.2, -0.15) is 0 Å². The number of halogens is 1. The summed E-state index contributed by atoms with van der Waals surface area (Å²) in [6.07, 6.45) is 5.14. The number of hydrogen-bond donors (Lipinski definition) is 0. The number of carbonyl (C=O) groups is 2. The van der Waals surface area contributed by atoms with Crippen LogP contribution in [0.1, 0.15) is 11.1 Å². The molecule has 0 unspecified atom stereocenters. The minimum absolute atomic E-state index is 0.0115. The van der Waals surface area contributed by atoms with Crippen LogP contribution in [-0.2, 0) is 9.59 Å². The van der Waals surface area contributed by atoms with E-state index in [1.807, 2.05) is 36.4 Å². The molecule has 0 saturated carbocycles. The van der Waals surface area contributed by atoms with Gasteiger partial charge in [0.2, 0.25) is 0 Å². The van der Waals surface area contributed by atoms with Crippen molar-refractivity contribution in [1.82, 2.24) is 0 Å². The maximum Gasteiger partial charge on any atom is 0.259 e. The summed E-state index contributed by atoms with van der Waals surface area (Å²) in [4.78, 5) is 21.8. The Morgan fingerprint density at radius 3 is 1.68 bits per heavy atom. The van der Waals surface area contributed by atoms with Crippen LogP contribution in [0.3, 0.4) is 0 Å². The second-order valence-corrected chi connectivity index (χ2v) is 5.50. The molecule has 0 fully saturated rings. The zero-order valence-corrected chi connectivity index (χ0v) is 14.2. The van der Waals surface area contributed by atoms with E-state index in [-0.39, 0.29) is 19.0 Å². The Labute approximate surface area is 151 Å². The largest absolute Gasteiger partial charge is 0.485 e. The van der Waals surface area contributed by atoms with Gasteiger partial charge in [0.1, 0.15) is 11.5 Å². The zero-order valence-electron chi connectivity index (χ0n) is 13.5. The van der Waals surface area contributed by atoms with Crippen molar-refractivity contribution in [3.05, 3.63) is 72.3 Å². The lowest BCUT2D eigenvalue weighted by Gasteiger charge is -2.04. The van der Waals surface area contributed by atoms with Gasteiger partial charge in [-0.1, -0.05) is 43.0 Å². The third kappa shape index (κ3) is 6.65. The lowest BCUT2D eigenvalue weighted by atomic mass is 10.1. The molecule has 0 saturated heterocycles. The van der Waals surface area contributed by atoms with Crippen LogP contribution in [0.5, 0.6) is 11.5 Å². The van der Waals surface area contributed by atoms with Crippen LogP contribution < -0.4 is 9.47 Å². The highest BCUT2D eigenvalue weighted by Gasteiger charge is 1.99. The Morgan fingerprint density at radius 1 is 0.840 bits per heavy atom. The zero-order chi connectivity index (χ0) is 18.1. The first-order valence-electron chi connectivity index (χ1n) is 7.54. The van der Waals surface area contributed by atoms with Crippen LogP contribution in [0, 0.1) is 0 Å². The first-order valence-corrected chi connectivity index (χ1v) is 7.92. The molecular weight excluding hydrogens is 340 g/mol. The van der Waals surface area contributed by atoms with Gasteiger partial charge >= 0.3 is 0 Å². The van der Waals surface area contributed by atoms with Crippen molar-refractivity contribution >= 4 is 34.8 Å². The average Bonchev–Trinajstić information content (AvgIpc) is 2.64. The first-order chi connectivity index (χ1) is 12.1. The second-order valence-electron chi connectivity index (χ2n) is 5.07. The van der Waals surface area contributed by atoms with Crippen molar-refractivity contribution in [3.8, 4) is 11.5 Å². The molecule has 0 amide bonds. The maximum absolute atomic E-state index is 11.1. The molecule has 128 valence electrons. The van der Waals surface area contributed by atoms with E-state index in [1.165, 1.54) is 6.08 Å². The number of ketones is 1. The number of hydrogen-bond acceptors (Lipinski definition) is 4. The Kier molecular flexibility index (Phi) is 6.99. The van der Waals surface area contributed by atoms with Crippen molar-refractivity contribution in [2.75, 3.05) is 13.2 Å². The van der Waals surface area contributed by atoms with Crippen molar-refractivity contribution in [2.45, 2.75) is 0 Å². The minimum Gasteiger partial charge on any atom is -0.485 e. The molecule has 5 heteroatoms. The fourth-order valence-corrected chi connectivity index (χ4v) is 1.95. The Morgan fingerprint density at radius 2 is 1.28 bits per heavy atom. The van der Waals surface area contributed by atoms with Gasteiger partial charge in [0, 0.05) is 0 Å². The fourth-order valence-electron chi connectivity index (χ4n) is 1.90. The first kappa shape index (κ1) is 18.5. The highest BCUT2D eigenvalue weighted by atomic mass is 35.5. The quantitative estimate of drug-likeness (QED) is 0.385. The summed E-state index contributed by atoms with van der Waals surface area (Å²) in [5, 5.41) is -0.537. The fraction of sp³-hybridized carbons (Fsp3) is 0.100. The predicted molar refractivity (Wildman–Crippen MR) is 98.9 cm³/mol. The number of ether oxygens (including phenoxy) is 2. The molecule has 0 aliphatic carbocycles. The van der Waals surface area contributed by atoms with Crippen molar-refractivity contribution in [1.29, 1.82) is 0 Å². The van der Waals surface area contributed by atoms with Gasteiger partial charge < -0.3 is 9.47 Å². The summed E-state index contributed by atoms with van der Waals surface area (Å²) >= 11 is 5.23. The van der Waals surface area contributed by atoms with E-state index in [4.69, 9.17) is 21.1 Å². The third-order valence-electron chi connectivity index (χ3n) is 3.19. The monoisotopic (exact) mass is 356 g/mol. The Bertz CT molecular complexity index is 761. The predicted octanol–water partition coefficient (Wildman–Crippen LogP) is 4.14. The second kappa shape index (κ2) is 9.45. The van der Waals surface area contributed by atoms with E-state index in [9.17, 15) is 9.59 Å². The molecule has 25 heavy (non-hydrogen) atoms. The standard InChI is InChI=1S/C20H17ClO4/c1-2-17(22)13-24-18-9-5-15(6-10-18)3-4-16-7-11-19(12-8-16)25-14-20(21)23/h2-12H,1,13-14H2/b4-3+. The van der Waals surface area contributed by atoms with Gasteiger partial charge in [0.25, 0.3) is 5.24 Å². The molecule has 2 rings (SSSR count). The maximum atomic E-state index is 11.1. The molecule has 0 heterocycles. The van der Waals surface area contributed by atoms with E-state index >= 15 is 0 Å². The smallest absolute Gasteiger partial charge is 0.259 e. The molecule has 0 aliphatic rings. The summed E-state index contributed by atoms with van der Waals surface area (Å²) in [6.45, 7) is 3.24. The molecule has 2 aromatic rings. The summed E-state index contributed by atoms with van der Waals surface area (Å²) < 4.78 is 10.5. The summed E-state index contributed by atoms with van der Waals surface area (Å²) in [5.74, 6) is 1.05. The SMILES string of the molecule is C=CC(=O)COc1ccc(/C=C/c2ccc(OCC(=O)Cl)cc2)cc1. The van der Waals surface area contributed by atoms with Crippen LogP contribution in [0.15, 0.2) is 61.2 Å². The van der Waals surface area contributed by atoms with E-state index in [0.717, 1.165) is 11.1 Å². The average molecular weight is 357 g/mol. The van der Waals surface area contributed by atoms with E-state index in [1.54, 1.807) is 24.3 Å². The summed E-state index contributed by atoms with van der Waals surface area (Å²) in [7, 11) is 0. The lowest BCUT2D eigenvalue weighted by Crippen LogP contribution is -2.07. The van der Waals surface area contributed by atoms with Crippen molar-refractivity contribution < 1.29 is 19.1 Å². The molecule has 4 nitrogen and oxygen atoms in total. The van der Waals surface area contributed by atoms with Gasteiger partial charge in [0.05, 0.1) is 0 Å². The molecule has 0 atom stereocenters. The number of benzene rings is 2. The highest BCUT2D eigenvalue weighted by molar-refractivity contribution is 6.63. The number of rotatable bonds is 9. The van der Waals surface area contributed by atoms with Crippen LogP contribution in [-0.4, -0.2) is 24.2 Å². The molecular formula is C20H17ClO4. The molecule has 0 bridgehead atoms. The van der Waals surface area contributed by atoms with Gasteiger partial charge in [-0.15, -0.1) is 0 Å². The van der Waals surface area contributed by atoms with Gasteiger partial charge in [-0.3, -0.25) is 9.59 Å². The number of carbonyl (C=O) groups excluding carboxylic acids is 2. The third-order valence-corrected chi connectivity index (χ3v) is 3.30. The van der Waals surface area contributed by atoms with Crippen LogP contribution >= 0.6 is 11.6 Å². The van der Waals surface area contributed by atoms with Crippen LogP contribution in [0.4, 0.5) is 0 Å². The molecule has 0 aliphatic heterocycles. The summed E-state index contributed by atoms with van der Waals surface area (Å²) in [5.41, 5.74) is 1.98. The van der Waals surface area contributed by atoms with Gasteiger partial charge in [-0.25, -0.2) is 0 Å². The van der Waals surface area contributed by atoms with Gasteiger partial charge in [-0.05, 0) is 53.1 Å².